The second-order valence-electron chi connectivity index (χ2n) is 7.77. The third kappa shape index (κ3) is 3.64. The van der Waals surface area contributed by atoms with E-state index in [1.54, 1.807) is 19.2 Å². The van der Waals surface area contributed by atoms with Gasteiger partial charge in [-0.25, -0.2) is 4.39 Å². The highest BCUT2D eigenvalue weighted by molar-refractivity contribution is 5.56. The predicted octanol–water partition coefficient (Wildman–Crippen LogP) is 4.23. The number of nitrogens with one attached hydrogen (secondary N) is 1. The molecule has 2 aliphatic rings. The highest BCUT2D eigenvalue weighted by atomic mass is 19.1. The predicted molar refractivity (Wildman–Crippen MR) is 110 cm³/mol. The number of hydrogen-bond donors (Lipinski definition) is 2. The number of methoxy groups -OCH3 is 1. The van der Waals surface area contributed by atoms with Crippen molar-refractivity contribution in [3.63, 3.8) is 0 Å². The summed E-state index contributed by atoms with van der Waals surface area (Å²) in [6.45, 7) is 0.763. The Morgan fingerprint density at radius 3 is 2.61 bits per heavy atom. The summed E-state index contributed by atoms with van der Waals surface area (Å²) in [6.07, 6.45) is 7.53. The second kappa shape index (κ2) is 7.94. The molecule has 3 N–H and O–H groups in total. The van der Waals surface area contributed by atoms with Crippen LogP contribution in [0, 0.1) is 5.82 Å². The molecule has 1 aliphatic heterocycles. The average Bonchev–Trinajstić information content (AvgIpc) is 2.94. The average molecular weight is 381 g/mol. The number of nitrogens with two attached hydrogens (primary N) is 1. The Labute approximate surface area is 166 Å². The van der Waals surface area contributed by atoms with Crippen molar-refractivity contribution in [1.29, 1.82) is 0 Å². The lowest BCUT2D eigenvalue weighted by Crippen LogP contribution is -2.52. The minimum atomic E-state index is -0.264. The molecule has 2 aromatic rings. The molecular weight excluding hydrogens is 353 g/mol. The molecule has 1 heterocycles. The van der Waals surface area contributed by atoms with E-state index in [0.717, 1.165) is 36.4 Å². The van der Waals surface area contributed by atoms with Crippen LogP contribution in [0.2, 0.25) is 0 Å². The summed E-state index contributed by atoms with van der Waals surface area (Å²) in [7, 11) is 1.68. The van der Waals surface area contributed by atoms with Gasteiger partial charge in [-0.3, -0.25) is 10.6 Å². The lowest BCUT2D eigenvalue weighted by Gasteiger charge is -2.42. The first kappa shape index (κ1) is 19.0. The zero-order valence-corrected chi connectivity index (χ0v) is 16.3. The van der Waals surface area contributed by atoms with Crippen molar-refractivity contribution < 1.29 is 9.13 Å². The summed E-state index contributed by atoms with van der Waals surface area (Å²) in [5.41, 5.74) is 9.60. The largest absolute Gasteiger partial charge is 0.497 e. The van der Waals surface area contributed by atoms with Crippen LogP contribution >= 0.6 is 0 Å². The number of rotatable bonds is 4. The van der Waals surface area contributed by atoms with Crippen molar-refractivity contribution in [2.75, 3.05) is 7.11 Å². The van der Waals surface area contributed by atoms with E-state index in [1.807, 2.05) is 18.2 Å². The van der Waals surface area contributed by atoms with Crippen LogP contribution in [0.5, 0.6) is 5.75 Å². The number of nitrogens with zero attached hydrogens (tertiary/aromatic N) is 1. The van der Waals surface area contributed by atoms with E-state index in [-0.39, 0.29) is 17.6 Å². The van der Waals surface area contributed by atoms with Gasteiger partial charge in [-0.2, -0.15) is 0 Å². The van der Waals surface area contributed by atoms with E-state index >= 15 is 0 Å². The third-order valence-corrected chi connectivity index (χ3v) is 6.04. The van der Waals surface area contributed by atoms with E-state index in [9.17, 15) is 4.39 Å². The molecule has 1 aliphatic carbocycles. The van der Waals surface area contributed by atoms with Crippen LogP contribution in [0.15, 0.2) is 54.2 Å². The van der Waals surface area contributed by atoms with Crippen molar-refractivity contribution in [3.8, 4) is 5.75 Å². The van der Waals surface area contributed by atoms with Crippen molar-refractivity contribution in [3.05, 3.63) is 71.2 Å². The maximum Gasteiger partial charge on any atom is 0.133 e. The topological polar surface area (TPSA) is 50.5 Å². The molecule has 1 atom stereocenters. The molecule has 1 saturated carbocycles. The van der Waals surface area contributed by atoms with Gasteiger partial charge in [0.15, 0.2) is 0 Å². The normalized spacial score (nSPS) is 23.1. The Balaban J connectivity index is 1.67. The van der Waals surface area contributed by atoms with Gasteiger partial charge in [-0.15, -0.1) is 0 Å². The van der Waals surface area contributed by atoms with Gasteiger partial charge in [0.25, 0.3) is 0 Å². The van der Waals surface area contributed by atoms with Crippen LogP contribution in [0.1, 0.15) is 43.2 Å². The molecule has 0 radical (unpaired) electrons. The SMILES string of the molecule is COc1ccc(CN2C(N)N/C(=C\c3cccc(F)c3)C23CCCCC3)cc1. The molecule has 0 amide bonds. The van der Waals surface area contributed by atoms with Crippen molar-refractivity contribution >= 4 is 6.08 Å². The molecule has 4 rings (SSSR count). The Kier molecular flexibility index (Phi) is 5.38. The highest BCUT2D eigenvalue weighted by Gasteiger charge is 2.48. The first-order valence-corrected chi connectivity index (χ1v) is 10.0. The molecule has 2 fully saturated rings. The Morgan fingerprint density at radius 1 is 1.18 bits per heavy atom. The molecule has 5 heteroatoms. The molecule has 2 aromatic carbocycles. The van der Waals surface area contributed by atoms with Crippen LogP contribution in [0.3, 0.4) is 0 Å². The molecule has 1 unspecified atom stereocenters. The molecule has 4 nitrogen and oxygen atoms in total. The Hall–Kier alpha value is -2.37. The maximum atomic E-state index is 13.7. The van der Waals surface area contributed by atoms with Crippen molar-refractivity contribution in [1.82, 2.24) is 10.2 Å². The molecular formula is C23H28FN3O. The van der Waals surface area contributed by atoms with Crippen LogP contribution < -0.4 is 15.8 Å². The number of benzene rings is 2. The molecule has 0 bridgehead atoms. The van der Waals surface area contributed by atoms with Crippen LogP contribution in [-0.2, 0) is 6.54 Å². The minimum absolute atomic E-state index is 0.121. The molecule has 0 aromatic heterocycles. The summed E-state index contributed by atoms with van der Waals surface area (Å²) in [6, 6.07) is 14.9. The lowest BCUT2D eigenvalue weighted by atomic mass is 9.78. The van der Waals surface area contributed by atoms with Crippen molar-refractivity contribution in [2.24, 2.45) is 5.73 Å². The van der Waals surface area contributed by atoms with Crippen LogP contribution in [-0.4, -0.2) is 23.8 Å². The quantitative estimate of drug-likeness (QED) is 0.832. The summed E-state index contributed by atoms with van der Waals surface area (Å²) in [5, 5.41) is 3.49. The maximum absolute atomic E-state index is 13.7. The molecule has 1 spiro atoms. The third-order valence-electron chi connectivity index (χ3n) is 6.04. The summed E-state index contributed by atoms with van der Waals surface area (Å²) >= 11 is 0. The number of ether oxygens (including phenoxy) is 1. The van der Waals surface area contributed by atoms with Gasteiger partial charge >= 0.3 is 0 Å². The molecule has 28 heavy (non-hydrogen) atoms. The van der Waals surface area contributed by atoms with Gasteiger partial charge in [-0.1, -0.05) is 43.5 Å². The van der Waals surface area contributed by atoms with Gasteiger partial charge in [0.1, 0.15) is 17.9 Å². The molecule has 1 saturated heterocycles. The van der Waals surface area contributed by atoms with E-state index in [2.05, 4.69) is 28.4 Å². The monoisotopic (exact) mass is 381 g/mol. The standard InChI is InChI=1S/C23H28FN3O/c1-28-20-10-8-17(9-11-20)16-27-22(25)26-21(23(27)12-3-2-4-13-23)15-18-6-5-7-19(24)14-18/h5-11,14-15,22,26H,2-4,12-13,16,25H2,1H3/b21-15-. The van der Waals surface area contributed by atoms with Gasteiger partial charge in [0, 0.05) is 12.2 Å². The number of hydrogen-bond acceptors (Lipinski definition) is 4. The summed E-state index contributed by atoms with van der Waals surface area (Å²) in [4.78, 5) is 2.37. The van der Waals surface area contributed by atoms with E-state index < -0.39 is 0 Å². The van der Waals surface area contributed by atoms with Crippen LogP contribution in [0.4, 0.5) is 4.39 Å². The van der Waals surface area contributed by atoms with E-state index in [4.69, 9.17) is 10.5 Å². The van der Waals surface area contributed by atoms with E-state index in [0.29, 0.717) is 0 Å². The lowest BCUT2D eigenvalue weighted by molar-refractivity contribution is 0.0727. The Morgan fingerprint density at radius 2 is 1.93 bits per heavy atom. The summed E-state index contributed by atoms with van der Waals surface area (Å²) < 4.78 is 19.0. The zero-order valence-electron chi connectivity index (χ0n) is 16.3. The van der Waals surface area contributed by atoms with E-state index in [1.165, 1.54) is 30.9 Å². The summed E-state index contributed by atoms with van der Waals surface area (Å²) in [5.74, 6) is 0.635. The fourth-order valence-electron chi connectivity index (χ4n) is 4.60. The molecule has 148 valence electrons. The highest BCUT2D eigenvalue weighted by Crippen LogP contribution is 2.44. The first-order valence-electron chi connectivity index (χ1n) is 10.0. The van der Waals surface area contributed by atoms with Gasteiger partial charge in [0.2, 0.25) is 0 Å². The van der Waals surface area contributed by atoms with Gasteiger partial charge < -0.3 is 10.1 Å². The van der Waals surface area contributed by atoms with Gasteiger partial charge in [-0.05, 0) is 54.3 Å². The Bertz CT molecular complexity index is 843. The smallest absolute Gasteiger partial charge is 0.133 e. The van der Waals surface area contributed by atoms with Gasteiger partial charge in [0.05, 0.1) is 12.6 Å². The van der Waals surface area contributed by atoms with Crippen LogP contribution in [0.25, 0.3) is 6.08 Å². The minimum Gasteiger partial charge on any atom is -0.497 e. The number of halogens is 1. The van der Waals surface area contributed by atoms with Crippen molar-refractivity contribution in [2.45, 2.75) is 50.5 Å². The second-order valence-corrected chi connectivity index (χ2v) is 7.77. The fourth-order valence-corrected chi connectivity index (χ4v) is 4.60. The first-order chi connectivity index (χ1) is 13.6. The zero-order chi connectivity index (χ0) is 19.6. The fraction of sp³-hybridized carbons (Fsp3) is 0.391.